The fourth-order valence-electron chi connectivity index (χ4n) is 1.70. The van der Waals surface area contributed by atoms with E-state index in [0.29, 0.717) is 0 Å². The van der Waals surface area contributed by atoms with Gasteiger partial charge in [0.2, 0.25) is 0 Å². The van der Waals surface area contributed by atoms with Crippen molar-refractivity contribution in [1.82, 2.24) is 10.3 Å². The van der Waals surface area contributed by atoms with E-state index in [1.165, 1.54) is 15.5 Å². The quantitative estimate of drug-likeness (QED) is 0.645. The molecule has 0 bridgehead atoms. The van der Waals surface area contributed by atoms with Crippen molar-refractivity contribution in [2.24, 2.45) is 0 Å². The monoisotopic (exact) mass is 278 g/mol. The molecule has 0 radical (unpaired) electrons. The molecule has 18 heavy (non-hydrogen) atoms. The molecule has 0 unspecified atom stereocenters. The zero-order valence-corrected chi connectivity index (χ0v) is 12.4. The first-order chi connectivity index (χ1) is 8.75. The van der Waals surface area contributed by atoms with Gasteiger partial charge in [-0.15, -0.1) is 23.1 Å². The summed E-state index contributed by atoms with van der Waals surface area (Å²) in [5, 5.41) is 4.63. The molecular formula is C14H18N2S2. The Morgan fingerprint density at radius 2 is 2.00 bits per heavy atom. The molecule has 0 fully saturated rings. The van der Waals surface area contributed by atoms with Gasteiger partial charge in [0.1, 0.15) is 0 Å². The average molecular weight is 278 g/mol. The molecule has 1 N–H and O–H groups in total. The third-order valence-electron chi connectivity index (χ3n) is 2.58. The van der Waals surface area contributed by atoms with E-state index < -0.39 is 0 Å². The van der Waals surface area contributed by atoms with Gasteiger partial charge in [-0.05, 0) is 26.0 Å². The predicted molar refractivity (Wildman–Crippen MR) is 80.5 cm³/mol. The minimum atomic E-state index is 0.937. The number of thioether (sulfide) groups is 1. The molecule has 1 heterocycles. The van der Waals surface area contributed by atoms with Gasteiger partial charge in [0.15, 0.2) is 0 Å². The van der Waals surface area contributed by atoms with Gasteiger partial charge >= 0.3 is 0 Å². The van der Waals surface area contributed by atoms with Crippen LogP contribution < -0.4 is 5.32 Å². The van der Waals surface area contributed by atoms with Crippen LogP contribution in [0.5, 0.6) is 0 Å². The number of aromatic nitrogens is 1. The van der Waals surface area contributed by atoms with Crippen LogP contribution in [0.4, 0.5) is 0 Å². The first-order valence-corrected chi connectivity index (χ1v) is 7.87. The SMILES string of the molecule is Cc1nc(C)c(CNCCSc2ccccc2)s1. The highest BCUT2D eigenvalue weighted by atomic mass is 32.2. The molecule has 0 aliphatic carbocycles. The highest BCUT2D eigenvalue weighted by Gasteiger charge is 2.03. The lowest BCUT2D eigenvalue weighted by molar-refractivity contribution is 0.736. The molecule has 2 nitrogen and oxygen atoms in total. The van der Waals surface area contributed by atoms with Crippen molar-refractivity contribution in [3.8, 4) is 0 Å². The van der Waals surface area contributed by atoms with Gasteiger partial charge in [-0.25, -0.2) is 4.98 Å². The van der Waals surface area contributed by atoms with Crippen LogP contribution in [0.2, 0.25) is 0 Å². The Morgan fingerprint density at radius 1 is 1.22 bits per heavy atom. The van der Waals surface area contributed by atoms with Crippen LogP contribution in [0.1, 0.15) is 15.6 Å². The Balaban J connectivity index is 1.66. The summed E-state index contributed by atoms with van der Waals surface area (Å²) in [5.41, 5.74) is 1.17. The molecule has 4 heteroatoms. The molecular weight excluding hydrogens is 260 g/mol. The summed E-state index contributed by atoms with van der Waals surface area (Å²) in [7, 11) is 0. The zero-order chi connectivity index (χ0) is 12.8. The number of aryl methyl sites for hydroxylation is 2. The van der Waals surface area contributed by atoms with Crippen molar-refractivity contribution in [2.75, 3.05) is 12.3 Å². The minimum absolute atomic E-state index is 0.937. The Kier molecular flexibility index (Phi) is 5.23. The van der Waals surface area contributed by atoms with E-state index >= 15 is 0 Å². The zero-order valence-electron chi connectivity index (χ0n) is 10.8. The topological polar surface area (TPSA) is 24.9 Å². The standard InChI is InChI=1S/C14H18N2S2/c1-11-14(18-12(2)16-11)10-15-8-9-17-13-6-4-3-5-7-13/h3-7,15H,8-10H2,1-2H3. The van der Waals surface area contributed by atoms with Gasteiger partial charge in [-0.3, -0.25) is 0 Å². The number of nitrogens with one attached hydrogen (secondary N) is 1. The molecule has 0 aliphatic rings. The second-order valence-corrected chi connectivity index (χ2v) is 6.54. The van der Waals surface area contributed by atoms with Gasteiger partial charge in [-0.2, -0.15) is 0 Å². The molecule has 0 amide bonds. The Labute approximate surface area is 117 Å². The number of nitrogens with zero attached hydrogens (tertiary/aromatic N) is 1. The summed E-state index contributed by atoms with van der Waals surface area (Å²) >= 11 is 3.68. The largest absolute Gasteiger partial charge is 0.311 e. The normalized spacial score (nSPS) is 10.8. The molecule has 0 atom stereocenters. The van der Waals surface area contributed by atoms with E-state index in [-0.39, 0.29) is 0 Å². The molecule has 1 aromatic carbocycles. The maximum atomic E-state index is 4.43. The summed E-state index contributed by atoms with van der Waals surface area (Å²) in [5.74, 6) is 1.10. The predicted octanol–water partition coefficient (Wildman–Crippen LogP) is 3.64. The first kappa shape index (κ1) is 13.6. The van der Waals surface area contributed by atoms with Crippen molar-refractivity contribution >= 4 is 23.1 Å². The van der Waals surface area contributed by atoms with E-state index in [9.17, 15) is 0 Å². The third kappa shape index (κ3) is 4.12. The molecule has 0 saturated heterocycles. The van der Waals surface area contributed by atoms with Gasteiger partial charge in [0.05, 0.1) is 10.7 Å². The molecule has 0 aliphatic heterocycles. The lowest BCUT2D eigenvalue weighted by Gasteiger charge is -2.03. The second-order valence-electron chi connectivity index (χ2n) is 4.08. The number of benzene rings is 1. The van der Waals surface area contributed by atoms with Crippen LogP contribution in [0.3, 0.4) is 0 Å². The summed E-state index contributed by atoms with van der Waals surface area (Å²) in [6.07, 6.45) is 0. The first-order valence-electron chi connectivity index (χ1n) is 6.07. The Hall–Kier alpha value is -0.840. The van der Waals surface area contributed by atoms with Crippen molar-refractivity contribution < 1.29 is 0 Å². The number of hydrogen-bond donors (Lipinski definition) is 1. The van der Waals surface area contributed by atoms with E-state index in [4.69, 9.17) is 0 Å². The molecule has 2 aromatic rings. The molecule has 1 aromatic heterocycles. The van der Waals surface area contributed by atoms with Crippen LogP contribution in [0.15, 0.2) is 35.2 Å². The maximum Gasteiger partial charge on any atom is 0.0900 e. The smallest absolute Gasteiger partial charge is 0.0900 e. The van der Waals surface area contributed by atoms with Gasteiger partial charge in [-0.1, -0.05) is 18.2 Å². The summed E-state index contributed by atoms with van der Waals surface area (Å²) in [4.78, 5) is 7.13. The maximum absolute atomic E-state index is 4.43. The van der Waals surface area contributed by atoms with Crippen molar-refractivity contribution in [1.29, 1.82) is 0 Å². The second kappa shape index (κ2) is 6.92. The Bertz CT molecular complexity index is 480. The van der Waals surface area contributed by atoms with Crippen molar-refractivity contribution in [3.05, 3.63) is 45.9 Å². The van der Waals surface area contributed by atoms with Gasteiger partial charge in [0.25, 0.3) is 0 Å². The minimum Gasteiger partial charge on any atom is -0.311 e. The van der Waals surface area contributed by atoms with E-state index in [1.807, 2.05) is 11.8 Å². The molecule has 0 spiro atoms. The van der Waals surface area contributed by atoms with Crippen LogP contribution >= 0.6 is 23.1 Å². The Morgan fingerprint density at radius 3 is 2.67 bits per heavy atom. The van der Waals surface area contributed by atoms with Gasteiger partial charge < -0.3 is 5.32 Å². The van der Waals surface area contributed by atoms with Crippen LogP contribution in [0.25, 0.3) is 0 Å². The highest BCUT2D eigenvalue weighted by Crippen LogP contribution is 2.17. The third-order valence-corrected chi connectivity index (χ3v) is 4.66. The number of hydrogen-bond acceptors (Lipinski definition) is 4. The number of rotatable bonds is 6. The fourth-order valence-corrected chi connectivity index (χ4v) is 3.44. The van der Waals surface area contributed by atoms with Crippen molar-refractivity contribution in [3.63, 3.8) is 0 Å². The van der Waals surface area contributed by atoms with Crippen molar-refractivity contribution in [2.45, 2.75) is 25.3 Å². The average Bonchev–Trinajstić information content (AvgIpc) is 2.69. The molecule has 2 rings (SSSR count). The fraction of sp³-hybridized carbons (Fsp3) is 0.357. The summed E-state index contributed by atoms with van der Waals surface area (Å²) in [6.45, 7) is 6.11. The number of thiazole rings is 1. The lowest BCUT2D eigenvalue weighted by Crippen LogP contribution is -2.16. The van der Waals surface area contributed by atoms with Crippen LogP contribution in [0, 0.1) is 13.8 Å². The summed E-state index contributed by atoms with van der Waals surface area (Å²) in [6, 6.07) is 10.5. The molecule has 96 valence electrons. The lowest BCUT2D eigenvalue weighted by atomic mass is 10.4. The van der Waals surface area contributed by atoms with E-state index in [0.717, 1.165) is 23.8 Å². The van der Waals surface area contributed by atoms with Crippen LogP contribution in [-0.4, -0.2) is 17.3 Å². The van der Waals surface area contributed by atoms with Crippen LogP contribution in [-0.2, 0) is 6.54 Å². The molecule has 0 saturated carbocycles. The summed E-state index contributed by atoms with van der Waals surface area (Å²) < 4.78 is 0. The van der Waals surface area contributed by atoms with Gasteiger partial charge in [0, 0.05) is 28.6 Å². The van der Waals surface area contributed by atoms with E-state index in [2.05, 4.69) is 54.5 Å². The highest BCUT2D eigenvalue weighted by molar-refractivity contribution is 7.99. The van der Waals surface area contributed by atoms with E-state index in [1.54, 1.807) is 11.3 Å².